The van der Waals surface area contributed by atoms with Gasteiger partial charge in [0.25, 0.3) is 0 Å². The van der Waals surface area contributed by atoms with E-state index in [1.54, 1.807) is 0 Å². The van der Waals surface area contributed by atoms with Gasteiger partial charge in [-0.3, -0.25) is 0 Å². The molecule has 0 aliphatic heterocycles. The summed E-state index contributed by atoms with van der Waals surface area (Å²) >= 11 is 5.48. The van der Waals surface area contributed by atoms with Crippen molar-refractivity contribution in [2.75, 3.05) is 26.4 Å². The van der Waals surface area contributed by atoms with E-state index < -0.39 is 0 Å². The largest absolute Gasteiger partial charge is 0.309 e. The SMILES string of the molecule is CN(C)CCCSc1ccccc1CBr. The normalized spacial score (nSPS) is 10.9. The number of benzene rings is 1. The van der Waals surface area contributed by atoms with Crippen LogP contribution < -0.4 is 0 Å². The van der Waals surface area contributed by atoms with Gasteiger partial charge in [-0.25, -0.2) is 0 Å². The van der Waals surface area contributed by atoms with Gasteiger partial charge in [0.05, 0.1) is 0 Å². The lowest BCUT2D eigenvalue weighted by atomic mass is 10.2. The second-order valence-corrected chi connectivity index (χ2v) is 5.44. The zero-order valence-corrected chi connectivity index (χ0v) is 11.8. The third-order valence-electron chi connectivity index (χ3n) is 2.12. The minimum Gasteiger partial charge on any atom is -0.309 e. The van der Waals surface area contributed by atoms with Crippen molar-refractivity contribution in [2.24, 2.45) is 0 Å². The Morgan fingerprint density at radius 2 is 2.00 bits per heavy atom. The van der Waals surface area contributed by atoms with E-state index in [-0.39, 0.29) is 0 Å². The highest BCUT2D eigenvalue weighted by Gasteiger charge is 2.00. The van der Waals surface area contributed by atoms with Gasteiger partial charge in [0.15, 0.2) is 0 Å². The zero-order valence-electron chi connectivity index (χ0n) is 9.37. The molecule has 1 rings (SSSR count). The zero-order chi connectivity index (χ0) is 11.1. The van der Waals surface area contributed by atoms with Gasteiger partial charge in [-0.05, 0) is 44.4 Å². The van der Waals surface area contributed by atoms with E-state index in [1.165, 1.54) is 29.2 Å². The summed E-state index contributed by atoms with van der Waals surface area (Å²) < 4.78 is 0. The van der Waals surface area contributed by atoms with Gasteiger partial charge in [0.2, 0.25) is 0 Å². The molecular weight excluding hydrogens is 270 g/mol. The molecule has 0 heterocycles. The predicted molar refractivity (Wildman–Crippen MR) is 73.0 cm³/mol. The predicted octanol–water partition coefficient (Wildman–Crippen LogP) is 3.63. The molecule has 0 aliphatic carbocycles. The molecule has 0 bridgehead atoms. The molecule has 0 N–H and O–H groups in total. The van der Waals surface area contributed by atoms with E-state index in [9.17, 15) is 0 Å². The molecule has 0 aromatic heterocycles. The molecule has 0 spiro atoms. The van der Waals surface area contributed by atoms with Crippen LogP contribution in [0.5, 0.6) is 0 Å². The van der Waals surface area contributed by atoms with Crippen LogP contribution in [0.3, 0.4) is 0 Å². The average molecular weight is 288 g/mol. The number of hydrogen-bond acceptors (Lipinski definition) is 2. The molecule has 1 nitrogen and oxygen atoms in total. The van der Waals surface area contributed by atoms with Crippen LogP contribution in [-0.2, 0) is 5.33 Å². The van der Waals surface area contributed by atoms with Gasteiger partial charge in [0.1, 0.15) is 0 Å². The second-order valence-electron chi connectivity index (χ2n) is 3.75. The lowest BCUT2D eigenvalue weighted by Crippen LogP contribution is -2.13. The van der Waals surface area contributed by atoms with Crippen LogP contribution in [-0.4, -0.2) is 31.3 Å². The molecule has 1 aromatic carbocycles. The highest BCUT2D eigenvalue weighted by atomic mass is 79.9. The number of halogens is 1. The highest BCUT2D eigenvalue weighted by molar-refractivity contribution is 9.08. The molecule has 0 atom stereocenters. The topological polar surface area (TPSA) is 3.24 Å². The summed E-state index contributed by atoms with van der Waals surface area (Å²) in [4.78, 5) is 3.64. The van der Waals surface area contributed by atoms with E-state index in [0.717, 1.165) is 5.33 Å². The quantitative estimate of drug-likeness (QED) is 0.447. The fourth-order valence-electron chi connectivity index (χ4n) is 1.32. The highest BCUT2D eigenvalue weighted by Crippen LogP contribution is 2.24. The summed E-state index contributed by atoms with van der Waals surface area (Å²) in [6.07, 6.45) is 1.24. The summed E-state index contributed by atoms with van der Waals surface area (Å²) in [6, 6.07) is 8.60. The fourth-order valence-corrected chi connectivity index (χ4v) is 2.99. The summed E-state index contributed by atoms with van der Waals surface area (Å²) in [5.41, 5.74) is 1.40. The third kappa shape index (κ3) is 5.05. The first-order valence-electron chi connectivity index (χ1n) is 5.15. The fraction of sp³-hybridized carbons (Fsp3) is 0.500. The molecule has 0 saturated carbocycles. The first-order valence-corrected chi connectivity index (χ1v) is 7.26. The molecule has 84 valence electrons. The van der Waals surface area contributed by atoms with Crippen molar-refractivity contribution in [1.29, 1.82) is 0 Å². The van der Waals surface area contributed by atoms with Gasteiger partial charge in [0, 0.05) is 10.2 Å². The van der Waals surface area contributed by atoms with E-state index in [1.807, 2.05) is 11.8 Å². The van der Waals surface area contributed by atoms with Crippen LogP contribution in [0.15, 0.2) is 29.2 Å². The van der Waals surface area contributed by atoms with Crippen LogP contribution in [0, 0.1) is 0 Å². The maximum atomic E-state index is 3.52. The van der Waals surface area contributed by atoms with Crippen molar-refractivity contribution >= 4 is 27.7 Å². The smallest absolute Gasteiger partial charge is 0.0294 e. The Labute approximate surface area is 105 Å². The molecule has 3 heteroatoms. The van der Waals surface area contributed by atoms with Crippen LogP contribution in [0.2, 0.25) is 0 Å². The lowest BCUT2D eigenvalue weighted by molar-refractivity contribution is 0.410. The number of rotatable bonds is 6. The molecule has 0 unspecified atom stereocenters. The molecule has 15 heavy (non-hydrogen) atoms. The van der Waals surface area contributed by atoms with Gasteiger partial charge < -0.3 is 4.90 Å². The van der Waals surface area contributed by atoms with Crippen LogP contribution >= 0.6 is 27.7 Å². The van der Waals surface area contributed by atoms with E-state index in [0.29, 0.717) is 0 Å². The van der Waals surface area contributed by atoms with Gasteiger partial charge >= 0.3 is 0 Å². The lowest BCUT2D eigenvalue weighted by Gasteiger charge is -2.10. The number of alkyl halides is 1. The van der Waals surface area contributed by atoms with Crippen LogP contribution in [0.25, 0.3) is 0 Å². The van der Waals surface area contributed by atoms with Crippen molar-refractivity contribution in [3.8, 4) is 0 Å². The van der Waals surface area contributed by atoms with Crippen molar-refractivity contribution in [3.05, 3.63) is 29.8 Å². The van der Waals surface area contributed by atoms with Crippen molar-refractivity contribution in [2.45, 2.75) is 16.6 Å². The van der Waals surface area contributed by atoms with Crippen molar-refractivity contribution < 1.29 is 0 Å². The Kier molecular flexibility index (Phi) is 6.37. The van der Waals surface area contributed by atoms with Gasteiger partial charge in [-0.15, -0.1) is 11.8 Å². The molecule has 0 aliphatic rings. The van der Waals surface area contributed by atoms with Crippen LogP contribution in [0.4, 0.5) is 0 Å². The monoisotopic (exact) mass is 287 g/mol. The summed E-state index contributed by atoms with van der Waals surface area (Å²) in [5.74, 6) is 1.20. The maximum Gasteiger partial charge on any atom is 0.0294 e. The number of nitrogens with zero attached hydrogens (tertiary/aromatic N) is 1. The molecule has 1 aromatic rings. The molecule has 0 amide bonds. The Hall–Kier alpha value is 0.01000. The maximum absolute atomic E-state index is 3.52. The second kappa shape index (κ2) is 7.31. The van der Waals surface area contributed by atoms with E-state index >= 15 is 0 Å². The standard InChI is InChI=1S/C12H18BrNS/c1-14(2)8-5-9-15-12-7-4-3-6-11(12)10-13/h3-4,6-7H,5,8-10H2,1-2H3. The van der Waals surface area contributed by atoms with Crippen LogP contribution in [0.1, 0.15) is 12.0 Å². The average Bonchev–Trinajstić information content (AvgIpc) is 2.24. The van der Waals surface area contributed by atoms with E-state index in [4.69, 9.17) is 0 Å². The Bertz CT molecular complexity index is 289. The van der Waals surface area contributed by atoms with Gasteiger partial charge in [-0.1, -0.05) is 34.1 Å². The minimum absolute atomic E-state index is 0.948. The Morgan fingerprint density at radius 3 is 2.67 bits per heavy atom. The molecular formula is C12H18BrNS. The Balaban J connectivity index is 2.36. The first kappa shape index (κ1) is 13.1. The summed E-state index contributed by atoms with van der Waals surface area (Å²) in [6.45, 7) is 1.17. The molecule has 0 fully saturated rings. The van der Waals surface area contributed by atoms with Crippen molar-refractivity contribution in [1.82, 2.24) is 4.90 Å². The minimum atomic E-state index is 0.948. The Morgan fingerprint density at radius 1 is 1.27 bits per heavy atom. The summed E-state index contributed by atoms with van der Waals surface area (Å²) in [7, 11) is 4.24. The number of hydrogen-bond donors (Lipinski definition) is 0. The molecule has 0 saturated heterocycles. The summed E-state index contributed by atoms with van der Waals surface area (Å²) in [5, 5.41) is 0.948. The van der Waals surface area contributed by atoms with E-state index in [2.05, 4.69) is 59.2 Å². The first-order chi connectivity index (χ1) is 7.24. The molecule has 0 radical (unpaired) electrons. The van der Waals surface area contributed by atoms with Gasteiger partial charge in [-0.2, -0.15) is 0 Å². The third-order valence-corrected chi connectivity index (χ3v) is 3.93. The number of thioether (sulfide) groups is 1. The van der Waals surface area contributed by atoms with Crippen molar-refractivity contribution in [3.63, 3.8) is 0 Å².